The summed E-state index contributed by atoms with van der Waals surface area (Å²) in [6.45, 7) is 10.3. The van der Waals surface area contributed by atoms with Crippen molar-refractivity contribution in [2.24, 2.45) is 0 Å². The molecule has 3 rings (SSSR count). The average molecular weight is 345 g/mol. The van der Waals surface area contributed by atoms with E-state index in [0.717, 1.165) is 16.6 Å². The Morgan fingerprint density at radius 3 is 2.16 bits per heavy atom. The van der Waals surface area contributed by atoms with Gasteiger partial charge in [0, 0.05) is 12.1 Å². The van der Waals surface area contributed by atoms with Gasteiger partial charge in [-0.2, -0.15) is 0 Å². The molecule has 0 atom stereocenters. The number of rotatable bonds is 5. The van der Waals surface area contributed by atoms with Crippen LogP contribution in [0.25, 0.3) is 6.08 Å². The Labute approximate surface area is 150 Å². The Morgan fingerprint density at radius 1 is 1.08 bits per heavy atom. The fraction of sp³-hybridized carbons (Fsp3) is 0.579. The summed E-state index contributed by atoms with van der Waals surface area (Å²) in [5.74, 6) is 0. The maximum absolute atomic E-state index is 6.19. The van der Waals surface area contributed by atoms with Crippen molar-refractivity contribution in [1.29, 1.82) is 0 Å². The predicted octanol–water partition coefficient (Wildman–Crippen LogP) is 2.97. The molecule has 2 aliphatic heterocycles. The first-order valence-corrected chi connectivity index (χ1v) is 8.86. The minimum atomic E-state index is -0.348. The number of hydrogen-bond acceptors (Lipinski definition) is 5. The summed E-state index contributed by atoms with van der Waals surface area (Å²) in [7, 11) is 1.58. The van der Waals surface area contributed by atoms with Crippen LogP contribution in [-0.2, 0) is 18.8 Å². The van der Waals surface area contributed by atoms with E-state index < -0.39 is 0 Å². The van der Waals surface area contributed by atoms with Gasteiger partial charge in [-0.25, -0.2) is 0 Å². The Hall–Kier alpha value is -1.18. The molecule has 0 saturated carbocycles. The molecule has 2 saturated heterocycles. The highest BCUT2D eigenvalue weighted by Crippen LogP contribution is 2.38. The highest BCUT2D eigenvalue weighted by Gasteiger charge is 2.52. The van der Waals surface area contributed by atoms with Crippen molar-refractivity contribution in [2.75, 3.05) is 26.8 Å². The topological polar surface area (TPSA) is 49.0 Å². The number of likely N-dealkylation sites (N-methyl/N-ethyl adjacent to an activating group) is 1. The Bertz CT molecular complexity index is 605. The van der Waals surface area contributed by atoms with E-state index in [9.17, 15) is 0 Å². The Balaban J connectivity index is 1.78. The molecule has 2 heterocycles. The fourth-order valence-corrected chi connectivity index (χ4v) is 2.92. The number of benzene rings is 1. The molecule has 136 valence electrons. The molecule has 5 nitrogen and oxygen atoms in total. The molecule has 6 heteroatoms. The van der Waals surface area contributed by atoms with E-state index in [1.54, 1.807) is 0 Å². The van der Waals surface area contributed by atoms with Gasteiger partial charge in [-0.15, -0.1) is 0 Å². The molecule has 1 aromatic rings. The van der Waals surface area contributed by atoms with Gasteiger partial charge in [0.25, 0.3) is 0 Å². The lowest BCUT2D eigenvalue weighted by Gasteiger charge is -2.32. The smallest absolute Gasteiger partial charge is 0.400 e. The second kappa shape index (κ2) is 7.21. The van der Waals surface area contributed by atoms with Crippen LogP contribution in [-0.4, -0.2) is 45.1 Å². The van der Waals surface area contributed by atoms with Crippen molar-refractivity contribution >= 4 is 13.2 Å². The van der Waals surface area contributed by atoms with Gasteiger partial charge in [-0.05, 0) is 45.8 Å². The molecule has 0 spiro atoms. The van der Waals surface area contributed by atoms with Crippen LogP contribution in [0.4, 0.5) is 0 Å². The van der Waals surface area contributed by atoms with Crippen LogP contribution in [0.15, 0.2) is 29.7 Å². The summed E-state index contributed by atoms with van der Waals surface area (Å²) in [6.07, 6.45) is 1.89. The Morgan fingerprint density at radius 2 is 1.64 bits per heavy atom. The first-order chi connectivity index (χ1) is 11.8. The first-order valence-electron chi connectivity index (χ1n) is 8.86. The van der Waals surface area contributed by atoms with Crippen LogP contribution < -0.4 is 5.32 Å². The third-order valence-corrected chi connectivity index (χ3v) is 5.12. The van der Waals surface area contributed by atoms with Crippen LogP contribution >= 0.6 is 0 Å². The second-order valence-electron chi connectivity index (χ2n) is 7.58. The van der Waals surface area contributed by atoms with Gasteiger partial charge < -0.3 is 24.1 Å². The van der Waals surface area contributed by atoms with E-state index in [1.165, 1.54) is 0 Å². The van der Waals surface area contributed by atoms with Crippen LogP contribution in [0, 0.1) is 0 Å². The van der Waals surface area contributed by atoms with Crippen LogP contribution in [0.2, 0.25) is 0 Å². The highest BCUT2D eigenvalue weighted by atomic mass is 16.7. The van der Waals surface area contributed by atoms with Gasteiger partial charge >= 0.3 is 7.12 Å². The van der Waals surface area contributed by atoms with Crippen molar-refractivity contribution < 1.29 is 18.8 Å². The van der Waals surface area contributed by atoms with Gasteiger partial charge in [0.1, 0.15) is 0 Å². The summed E-state index contributed by atoms with van der Waals surface area (Å²) >= 11 is 0. The van der Waals surface area contributed by atoms with Gasteiger partial charge in [0.05, 0.1) is 24.4 Å². The van der Waals surface area contributed by atoms with Gasteiger partial charge in [-0.3, -0.25) is 0 Å². The molecule has 0 unspecified atom stereocenters. The van der Waals surface area contributed by atoms with Crippen LogP contribution in [0.5, 0.6) is 0 Å². The van der Waals surface area contributed by atoms with Crippen molar-refractivity contribution in [1.82, 2.24) is 5.32 Å². The molecule has 25 heavy (non-hydrogen) atoms. The molecule has 0 bridgehead atoms. The molecular weight excluding hydrogens is 317 g/mol. The molecule has 1 N–H and O–H groups in total. The number of ether oxygens (including phenoxy) is 2. The standard InChI is InChI=1S/C19H28BNO4/c1-18(2)19(3,4)25-20(24-18)16(13-21-5)12-14-6-8-15(9-7-14)17-22-10-11-23-17/h6-9,12,17,21H,10-11,13H2,1-5H3. The van der Waals surface area contributed by atoms with Crippen molar-refractivity contribution in [3.05, 3.63) is 40.9 Å². The van der Waals surface area contributed by atoms with E-state index in [1.807, 2.05) is 19.2 Å². The van der Waals surface area contributed by atoms with E-state index in [0.29, 0.717) is 19.8 Å². The fourth-order valence-electron chi connectivity index (χ4n) is 2.92. The third-order valence-electron chi connectivity index (χ3n) is 5.12. The third kappa shape index (κ3) is 3.99. The largest absolute Gasteiger partial charge is 0.491 e. The second-order valence-corrected chi connectivity index (χ2v) is 7.58. The monoisotopic (exact) mass is 345 g/mol. The normalized spacial score (nSPS) is 23.4. The predicted molar refractivity (Wildman–Crippen MR) is 99.1 cm³/mol. The maximum atomic E-state index is 6.19. The number of nitrogens with one attached hydrogen (secondary N) is 1. The molecule has 0 amide bonds. The van der Waals surface area contributed by atoms with Gasteiger partial charge in [0.2, 0.25) is 0 Å². The molecule has 0 radical (unpaired) electrons. The zero-order chi connectivity index (χ0) is 18.1. The summed E-state index contributed by atoms with van der Waals surface area (Å²) < 4.78 is 23.4. The highest BCUT2D eigenvalue weighted by molar-refractivity contribution is 6.55. The van der Waals surface area contributed by atoms with Crippen molar-refractivity contribution in [2.45, 2.75) is 45.2 Å². The molecule has 0 aliphatic carbocycles. The van der Waals surface area contributed by atoms with Crippen molar-refractivity contribution in [3.8, 4) is 0 Å². The SMILES string of the molecule is CNCC(=Cc1ccc(C2OCCO2)cc1)B1OC(C)(C)C(C)(C)O1. The van der Waals surface area contributed by atoms with Gasteiger partial charge in [-0.1, -0.05) is 30.3 Å². The summed E-state index contributed by atoms with van der Waals surface area (Å²) in [4.78, 5) is 0. The lowest BCUT2D eigenvalue weighted by molar-refractivity contribution is -0.0441. The summed E-state index contributed by atoms with van der Waals surface area (Å²) in [5.41, 5.74) is 2.53. The molecule has 2 aliphatic rings. The molecular formula is C19H28BNO4. The first kappa shape index (κ1) is 18.6. The minimum absolute atomic E-state index is 0.238. The van der Waals surface area contributed by atoms with Crippen LogP contribution in [0.1, 0.15) is 45.1 Å². The van der Waals surface area contributed by atoms with Crippen LogP contribution in [0.3, 0.4) is 0 Å². The van der Waals surface area contributed by atoms with E-state index >= 15 is 0 Å². The van der Waals surface area contributed by atoms with Gasteiger partial charge in [0.15, 0.2) is 6.29 Å². The number of hydrogen-bond donors (Lipinski definition) is 1. The zero-order valence-corrected chi connectivity index (χ0v) is 15.8. The minimum Gasteiger partial charge on any atom is -0.400 e. The van der Waals surface area contributed by atoms with E-state index in [-0.39, 0.29) is 24.6 Å². The molecule has 0 aromatic heterocycles. The quantitative estimate of drug-likeness (QED) is 0.832. The zero-order valence-electron chi connectivity index (χ0n) is 15.8. The maximum Gasteiger partial charge on any atom is 0.491 e. The van der Waals surface area contributed by atoms with Crippen molar-refractivity contribution in [3.63, 3.8) is 0 Å². The lowest BCUT2D eigenvalue weighted by atomic mass is 9.77. The molecule has 1 aromatic carbocycles. The Kier molecular flexibility index (Phi) is 5.37. The summed E-state index contributed by atoms with van der Waals surface area (Å²) in [5, 5.41) is 3.21. The summed E-state index contributed by atoms with van der Waals surface area (Å²) in [6, 6.07) is 8.23. The van der Waals surface area contributed by atoms with E-state index in [4.69, 9.17) is 18.8 Å². The molecule has 2 fully saturated rings. The van der Waals surface area contributed by atoms with E-state index in [2.05, 4.69) is 51.2 Å². The average Bonchev–Trinajstić information content (AvgIpc) is 3.14. The lowest BCUT2D eigenvalue weighted by Crippen LogP contribution is -2.41.